The SMILES string of the molecule is CC/C=C\C/C=C\C/C=C\C/C=C\CCCCC(=O)NC(COP(=O)([O-])OCC[N+](C)(C)C)C(O)/C=C/CC/C=C/CC/C=C/CCCCCCCCCCC. The molecule has 0 spiro atoms. The van der Waals surface area contributed by atoms with E-state index in [9.17, 15) is 19.4 Å². The first-order chi connectivity index (χ1) is 27.0. The minimum absolute atomic E-state index is 0.0216. The van der Waals surface area contributed by atoms with E-state index in [0.717, 1.165) is 64.2 Å². The minimum Gasteiger partial charge on any atom is -0.756 e. The number of allylic oxidation sites excluding steroid dienone is 13. The molecule has 0 aromatic heterocycles. The maximum atomic E-state index is 12.8. The Morgan fingerprint density at radius 3 is 1.66 bits per heavy atom. The van der Waals surface area contributed by atoms with Crippen LogP contribution in [0.3, 0.4) is 0 Å². The number of likely N-dealkylation sites (N-methyl/N-ethyl adjacent to an activating group) is 1. The highest BCUT2D eigenvalue weighted by atomic mass is 31.2. The molecule has 0 bridgehead atoms. The van der Waals surface area contributed by atoms with Gasteiger partial charge >= 0.3 is 0 Å². The van der Waals surface area contributed by atoms with Crippen molar-refractivity contribution in [3.05, 3.63) is 85.1 Å². The Kier molecular flexibility index (Phi) is 36.6. The van der Waals surface area contributed by atoms with E-state index in [4.69, 9.17) is 9.05 Å². The van der Waals surface area contributed by atoms with Gasteiger partial charge in [-0.2, -0.15) is 0 Å². The number of phosphoric acid groups is 1. The quantitative estimate of drug-likeness (QED) is 0.0279. The number of hydrogen-bond acceptors (Lipinski definition) is 6. The molecule has 322 valence electrons. The molecule has 0 saturated heterocycles. The van der Waals surface area contributed by atoms with Crippen molar-refractivity contribution in [3.8, 4) is 0 Å². The largest absolute Gasteiger partial charge is 0.756 e. The van der Waals surface area contributed by atoms with Crippen LogP contribution in [0.1, 0.15) is 155 Å². The third-order valence-corrected chi connectivity index (χ3v) is 10.0. The second kappa shape index (κ2) is 38.2. The van der Waals surface area contributed by atoms with Crippen LogP contribution in [-0.4, -0.2) is 68.5 Å². The number of rotatable bonds is 38. The van der Waals surface area contributed by atoms with Gasteiger partial charge in [0.1, 0.15) is 13.2 Å². The molecule has 9 heteroatoms. The van der Waals surface area contributed by atoms with E-state index in [1.807, 2.05) is 27.2 Å². The van der Waals surface area contributed by atoms with Crippen molar-refractivity contribution < 1.29 is 32.9 Å². The Balaban J connectivity index is 4.61. The van der Waals surface area contributed by atoms with Gasteiger partial charge in [0.15, 0.2) is 0 Å². The monoisotopic (exact) mass is 803 g/mol. The Morgan fingerprint density at radius 2 is 1.11 bits per heavy atom. The first-order valence-corrected chi connectivity index (χ1v) is 23.4. The third kappa shape index (κ3) is 39.9. The second-order valence-corrected chi connectivity index (χ2v) is 17.1. The molecule has 3 atom stereocenters. The van der Waals surface area contributed by atoms with Crippen LogP contribution in [0.5, 0.6) is 0 Å². The molecule has 0 aromatic rings. The number of phosphoric ester groups is 1. The summed E-state index contributed by atoms with van der Waals surface area (Å²) in [6.07, 6.45) is 52.1. The van der Waals surface area contributed by atoms with Gasteiger partial charge in [0.2, 0.25) is 5.91 Å². The van der Waals surface area contributed by atoms with Crippen LogP contribution in [0.15, 0.2) is 85.1 Å². The predicted molar refractivity (Wildman–Crippen MR) is 237 cm³/mol. The molecule has 2 N–H and O–H groups in total. The van der Waals surface area contributed by atoms with Crippen molar-refractivity contribution in [3.63, 3.8) is 0 Å². The number of hydrogen-bond donors (Lipinski definition) is 2. The summed E-state index contributed by atoms with van der Waals surface area (Å²) in [4.78, 5) is 25.3. The molecule has 1 amide bonds. The van der Waals surface area contributed by atoms with E-state index in [2.05, 4.69) is 92.1 Å². The smallest absolute Gasteiger partial charge is 0.268 e. The van der Waals surface area contributed by atoms with Crippen molar-refractivity contribution >= 4 is 13.7 Å². The van der Waals surface area contributed by atoms with Crippen molar-refractivity contribution in [2.75, 3.05) is 40.9 Å². The zero-order chi connectivity index (χ0) is 41.4. The highest BCUT2D eigenvalue weighted by Gasteiger charge is 2.23. The lowest BCUT2D eigenvalue weighted by atomic mass is 10.1. The van der Waals surface area contributed by atoms with Crippen LogP contribution in [-0.2, 0) is 18.4 Å². The Labute approximate surface area is 344 Å². The van der Waals surface area contributed by atoms with Crippen molar-refractivity contribution in [1.82, 2.24) is 5.32 Å². The Bertz CT molecular complexity index is 1180. The van der Waals surface area contributed by atoms with Crippen LogP contribution in [0.25, 0.3) is 0 Å². The van der Waals surface area contributed by atoms with Crippen LogP contribution >= 0.6 is 7.82 Å². The molecule has 8 nitrogen and oxygen atoms in total. The zero-order valence-corrected chi connectivity index (χ0v) is 37.2. The van der Waals surface area contributed by atoms with E-state index in [1.165, 1.54) is 64.2 Å². The van der Waals surface area contributed by atoms with Gasteiger partial charge < -0.3 is 28.8 Å². The summed E-state index contributed by atoms with van der Waals surface area (Å²) in [6, 6.07) is -0.935. The van der Waals surface area contributed by atoms with Crippen LogP contribution in [0.2, 0.25) is 0 Å². The molecule has 0 radical (unpaired) electrons. The fourth-order valence-corrected chi connectivity index (χ4v) is 6.31. The molecular formula is C47H83N2O6P. The second-order valence-electron chi connectivity index (χ2n) is 15.6. The molecule has 0 saturated carbocycles. The Morgan fingerprint density at radius 1 is 0.643 bits per heavy atom. The summed E-state index contributed by atoms with van der Waals surface area (Å²) in [5, 5.41) is 13.7. The van der Waals surface area contributed by atoms with Gasteiger partial charge in [0, 0.05) is 6.42 Å². The molecule has 56 heavy (non-hydrogen) atoms. The van der Waals surface area contributed by atoms with Gasteiger partial charge in [0.25, 0.3) is 7.82 Å². The number of aliphatic hydroxyl groups is 1. The summed E-state index contributed by atoms with van der Waals surface area (Å²) in [7, 11) is 1.19. The lowest BCUT2D eigenvalue weighted by Crippen LogP contribution is -2.45. The lowest BCUT2D eigenvalue weighted by molar-refractivity contribution is -0.870. The zero-order valence-electron chi connectivity index (χ0n) is 36.3. The number of nitrogens with one attached hydrogen (secondary N) is 1. The third-order valence-electron chi connectivity index (χ3n) is 9.07. The van der Waals surface area contributed by atoms with Crippen molar-refractivity contribution in [2.45, 2.75) is 167 Å². The first-order valence-electron chi connectivity index (χ1n) is 21.9. The average molecular weight is 803 g/mol. The summed E-state index contributed by atoms with van der Waals surface area (Å²) in [6.45, 7) is 4.44. The van der Waals surface area contributed by atoms with Crippen LogP contribution in [0.4, 0.5) is 0 Å². The maximum absolute atomic E-state index is 12.8. The summed E-state index contributed by atoms with van der Waals surface area (Å²) in [5.41, 5.74) is 0. The number of unbranched alkanes of at least 4 members (excludes halogenated alkanes) is 13. The molecule has 0 aliphatic carbocycles. The van der Waals surface area contributed by atoms with Gasteiger partial charge in [-0.3, -0.25) is 9.36 Å². The summed E-state index contributed by atoms with van der Waals surface area (Å²) >= 11 is 0. The van der Waals surface area contributed by atoms with E-state index >= 15 is 0 Å². The highest BCUT2D eigenvalue weighted by molar-refractivity contribution is 7.45. The molecule has 0 rings (SSSR count). The van der Waals surface area contributed by atoms with Gasteiger partial charge in [-0.1, -0.05) is 150 Å². The number of nitrogens with zero attached hydrogens (tertiary/aromatic N) is 1. The maximum Gasteiger partial charge on any atom is 0.268 e. The average Bonchev–Trinajstić information content (AvgIpc) is 3.15. The molecule has 0 aliphatic rings. The van der Waals surface area contributed by atoms with Crippen molar-refractivity contribution in [2.24, 2.45) is 0 Å². The first kappa shape index (κ1) is 53.7. The fraction of sp³-hybridized carbons (Fsp3) is 0.681. The molecule has 0 aromatic carbocycles. The van der Waals surface area contributed by atoms with Crippen LogP contribution in [0, 0.1) is 0 Å². The normalized spacial score (nSPS) is 15.2. The van der Waals surface area contributed by atoms with E-state index < -0.39 is 26.6 Å². The van der Waals surface area contributed by atoms with Gasteiger partial charge in [0.05, 0.1) is 39.9 Å². The van der Waals surface area contributed by atoms with Crippen molar-refractivity contribution in [1.29, 1.82) is 0 Å². The van der Waals surface area contributed by atoms with Gasteiger partial charge in [-0.05, 0) is 83.5 Å². The van der Waals surface area contributed by atoms with E-state index in [-0.39, 0.29) is 18.9 Å². The number of aliphatic hydroxyl groups excluding tert-OH is 1. The number of quaternary nitrogens is 1. The van der Waals surface area contributed by atoms with Crippen LogP contribution < -0.4 is 10.2 Å². The molecule has 0 aliphatic heterocycles. The fourth-order valence-electron chi connectivity index (χ4n) is 5.58. The number of carbonyl (C=O) groups excluding carboxylic acids is 1. The molecule has 0 fully saturated rings. The minimum atomic E-state index is -4.61. The lowest BCUT2D eigenvalue weighted by Gasteiger charge is -2.29. The Hall–Kier alpha value is -2.32. The standard InChI is InChI=1S/C47H83N2O6P/c1-6-8-10-12-14-16-18-20-22-23-24-25-27-28-30-32-34-36-38-40-46(50)45(44-55-56(52,53)54-43-42-49(3,4)5)48-47(51)41-39-37-35-33-31-29-26-21-19-17-15-13-11-9-7-2/h9,11,15,17,21,24-26,30-33,38,40,45-46,50H,6-8,10,12-14,16,18-20,22-23,27-29,34-37,39,41-44H2,1-5H3,(H-,48,51,52,53)/b11-9-,17-15-,25-24+,26-21-,32-30+,33-31-,40-38+. The number of amides is 1. The summed E-state index contributed by atoms with van der Waals surface area (Å²) in [5.74, 6) is -0.256. The molecule has 3 unspecified atom stereocenters. The highest BCUT2D eigenvalue weighted by Crippen LogP contribution is 2.38. The predicted octanol–water partition coefficient (Wildman–Crippen LogP) is 11.6. The van der Waals surface area contributed by atoms with E-state index in [1.54, 1.807) is 6.08 Å². The molecule has 0 heterocycles. The van der Waals surface area contributed by atoms with Gasteiger partial charge in [-0.25, -0.2) is 0 Å². The topological polar surface area (TPSA) is 108 Å². The van der Waals surface area contributed by atoms with E-state index in [0.29, 0.717) is 17.4 Å². The van der Waals surface area contributed by atoms with Gasteiger partial charge in [-0.15, -0.1) is 0 Å². The number of carbonyl (C=O) groups is 1. The summed E-state index contributed by atoms with van der Waals surface area (Å²) < 4.78 is 23.1. The molecular weight excluding hydrogens is 719 g/mol.